The fourth-order valence-electron chi connectivity index (χ4n) is 2.13. The van der Waals surface area contributed by atoms with Gasteiger partial charge in [-0.3, -0.25) is 0 Å². The largest absolute Gasteiger partial charge is 0.411 e. The maximum atomic E-state index is 8.87. The lowest BCUT2D eigenvalue weighted by molar-refractivity contribution is 0.315. The molecule has 1 fully saturated rings. The molecule has 0 aromatic carbocycles. The van der Waals surface area contributed by atoms with E-state index in [0.29, 0.717) is 0 Å². The van der Waals surface area contributed by atoms with E-state index in [4.69, 9.17) is 16.8 Å². The Morgan fingerprint density at radius 3 is 2.07 bits per heavy atom. The molecule has 0 saturated heterocycles. The van der Waals surface area contributed by atoms with Crippen molar-refractivity contribution in [3.8, 4) is 0 Å². The first kappa shape index (κ1) is 12.8. The highest BCUT2D eigenvalue weighted by Gasteiger charge is 2.13. The Kier molecular flexibility index (Phi) is 6.82. The Morgan fingerprint density at radius 1 is 0.933 bits per heavy atom. The minimum absolute atomic E-state index is 0.0468. The van der Waals surface area contributed by atoms with Crippen LogP contribution < -0.4 is 0 Å². The Hall–Kier alpha value is -0.240. The van der Waals surface area contributed by atoms with Crippen molar-refractivity contribution in [2.75, 3.05) is 0 Å². The van der Waals surface area contributed by atoms with Crippen molar-refractivity contribution in [3.05, 3.63) is 0 Å². The molecule has 1 rings (SSSR count). The van der Waals surface area contributed by atoms with Gasteiger partial charge in [0.15, 0.2) is 0 Å². The first-order chi connectivity index (χ1) is 7.34. The van der Waals surface area contributed by atoms with Crippen molar-refractivity contribution >= 4 is 17.3 Å². The van der Waals surface area contributed by atoms with E-state index < -0.39 is 0 Å². The van der Waals surface area contributed by atoms with E-state index in [1.165, 1.54) is 38.5 Å². The highest BCUT2D eigenvalue weighted by atomic mass is 35.5. The van der Waals surface area contributed by atoms with Gasteiger partial charge in [0.2, 0.25) is 0 Å². The van der Waals surface area contributed by atoms with Crippen LogP contribution >= 0.6 is 11.6 Å². The standard InChI is InChI=1S/C12H22ClNO/c13-11-9-7-5-3-1-2-4-6-8-10-12(11)14-15/h11,15H,1-10H2. The molecule has 0 amide bonds. The van der Waals surface area contributed by atoms with Gasteiger partial charge < -0.3 is 5.21 Å². The zero-order valence-corrected chi connectivity index (χ0v) is 10.2. The van der Waals surface area contributed by atoms with Crippen molar-refractivity contribution < 1.29 is 5.21 Å². The summed E-state index contributed by atoms with van der Waals surface area (Å²) in [5.74, 6) is 0. The van der Waals surface area contributed by atoms with Crippen molar-refractivity contribution in [3.63, 3.8) is 0 Å². The van der Waals surface area contributed by atoms with E-state index in [1.807, 2.05) is 0 Å². The van der Waals surface area contributed by atoms with Gasteiger partial charge >= 0.3 is 0 Å². The van der Waals surface area contributed by atoms with Gasteiger partial charge in [-0.15, -0.1) is 11.6 Å². The monoisotopic (exact) mass is 231 g/mol. The van der Waals surface area contributed by atoms with Crippen molar-refractivity contribution in [1.29, 1.82) is 0 Å². The third-order valence-corrected chi connectivity index (χ3v) is 3.60. The van der Waals surface area contributed by atoms with Crippen LogP contribution in [0.25, 0.3) is 0 Å². The Morgan fingerprint density at radius 2 is 1.47 bits per heavy atom. The summed E-state index contributed by atoms with van der Waals surface area (Å²) in [5.41, 5.74) is 0.789. The highest BCUT2D eigenvalue weighted by Crippen LogP contribution is 2.18. The van der Waals surface area contributed by atoms with E-state index in [0.717, 1.165) is 31.4 Å². The Bertz CT molecular complexity index is 194. The summed E-state index contributed by atoms with van der Waals surface area (Å²) >= 11 is 6.19. The molecule has 15 heavy (non-hydrogen) atoms. The highest BCUT2D eigenvalue weighted by molar-refractivity contribution is 6.32. The molecule has 0 aromatic heterocycles. The third-order valence-electron chi connectivity index (χ3n) is 3.13. The fourth-order valence-corrected chi connectivity index (χ4v) is 2.43. The van der Waals surface area contributed by atoms with E-state index in [9.17, 15) is 0 Å². The normalized spacial score (nSPS) is 29.4. The summed E-state index contributed by atoms with van der Waals surface area (Å²) in [6.45, 7) is 0. The van der Waals surface area contributed by atoms with Gasteiger partial charge in [0.1, 0.15) is 0 Å². The molecular weight excluding hydrogens is 210 g/mol. The van der Waals surface area contributed by atoms with Gasteiger partial charge in [0, 0.05) is 0 Å². The average molecular weight is 232 g/mol. The molecule has 1 unspecified atom stereocenters. The van der Waals surface area contributed by atoms with Gasteiger partial charge in [0.05, 0.1) is 11.1 Å². The fraction of sp³-hybridized carbons (Fsp3) is 0.917. The first-order valence-corrected chi connectivity index (χ1v) is 6.63. The molecule has 0 heterocycles. The number of nitrogens with zero attached hydrogens (tertiary/aromatic N) is 1. The molecule has 0 bridgehead atoms. The van der Waals surface area contributed by atoms with Gasteiger partial charge in [-0.05, 0) is 19.3 Å². The predicted molar refractivity (Wildman–Crippen MR) is 65.0 cm³/mol. The molecule has 0 radical (unpaired) electrons. The topological polar surface area (TPSA) is 32.6 Å². The van der Waals surface area contributed by atoms with Gasteiger partial charge in [-0.25, -0.2) is 0 Å². The van der Waals surface area contributed by atoms with Crippen molar-refractivity contribution in [2.24, 2.45) is 5.16 Å². The zero-order valence-electron chi connectivity index (χ0n) is 9.42. The second-order valence-electron chi connectivity index (χ2n) is 4.43. The maximum Gasteiger partial charge on any atom is 0.0751 e. The van der Waals surface area contributed by atoms with Crippen LogP contribution in [0.15, 0.2) is 5.16 Å². The summed E-state index contributed by atoms with van der Waals surface area (Å²) in [7, 11) is 0. The summed E-state index contributed by atoms with van der Waals surface area (Å²) in [5, 5.41) is 12.2. The van der Waals surface area contributed by atoms with E-state index >= 15 is 0 Å². The van der Waals surface area contributed by atoms with E-state index in [2.05, 4.69) is 5.16 Å². The lowest BCUT2D eigenvalue weighted by Gasteiger charge is -2.12. The lowest BCUT2D eigenvalue weighted by Crippen LogP contribution is -2.15. The molecule has 1 saturated carbocycles. The molecule has 0 aromatic rings. The number of halogens is 1. The second-order valence-corrected chi connectivity index (χ2v) is 4.95. The van der Waals surface area contributed by atoms with Crippen molar-refractivity contribution in [1.82, 2.24) is 0 Å². The van der Waals surface area contributed by atoms with E-state index in [-0.39, 0.29) is 5.38 Å². The zero-order chi connectivity index (χ0) is 10.9. The van der Waals surface area contributed by atoms with Crippen LogP contribution in [0.1, 0.15) is 64.2 Å². The van der Waals surface area contributed by atoms with Crippen LogP contribution in [0.2, 0.25) is 0 Å². The summed E-state index contributed by atoms with van der Waals surface area (Å²) in [6.07, 6.45) is 12.0. The van der Waals surface area contributed by atoms with Crippen LogP contribution in [-0.2, 0) is 0 Å². The van der Waals surface area contributed by atoms with Gasteiger partial charge in [-0.2, -0.15) is 0 Å². The minimum Gasteiger partial charge on any atom is -0.411 e. The molecule has 0 spiro atoms. The molecule has 88 valence electrons. The Labute approximate surface area is 97.7 Å². The van der Waals surface area contributed by atoms with Crippen LogP contribution in [0, 0.1) is 0 Å². The average Bonchev–Trinajstić information content (AvgIpc) is 2.23. The second kappa shape index (κ2) is 7.98. The Balaban J connectivity index is 2.38. The predicted octanol–water partition coefficient (Wildman–Crippen LogP) is 4.34. The number of oxime groups is 1. The van der Waals surface area contributed by atoms with Gasteiger partial charge in [0.25, 0.3) is 0 Å². The lowest BCUT2D eigenvalue weighted by atomic mass is 10.00. The van der Waals surface area contributed by atoms with Crippen LogP contribution in [-0.4, -0.2) is 16.3 Å². The minimum atomic E-state index is -0.0468. The molecule has 1 atom stereocenters. The van der Waals surface area contributed by atoms with Crippen LogP contribution in [0.4, 0.5) is 0 Å². The molecular formula is C12H22ClNO. The number of hydrogen-bond donors (Lipinski definition) is 1. The third kappa shape index (κ3) is 5.41. The van der Waals surface area contributed by atoms with Crippen LogP contribution in [0.5, 0.6) is 0 Å². The van der Waals surface area contributed by atoms with Crippen molar-refractivity contribution in [2.45, 2.75) is 69.6 Å². The maximum absolute atomic E-state index is 8.87. The summed E-state index contributed by atoms with van der Waals surface area (Å²) in [6, 6.07) is 0. The first-order valence-electron chi connectivity index (χ1n) is 6.19. The summed E-state index contributed by atoms with van der Waals surface area (Å²) < 4.78 is 0. The molecule has 1 N–H and O–H groups in total. The van der Waals surface area contributed by atoms with Gasteiger partial charge in [-0.1, -0.05) is 50.1 Å². The molecule has 1 aliphatic carbocycles. The SMILES string of the molecule is ON=C1CCCCCCCCCCC1Cl. The molecule has 3 heteroatoms. The number of hydrogen-bond acceptors (Lipinski definition) is 2. The number of rotatable bonds is 0. The molecule has 1 aliphatic rings. The number of alkyl halides is 1. The summed E-state index contributed by atoms with van der Waals surface area (Å²) in [4.78, 5) is 0. The van der Waals surface area contributed by atoms with E-state index in [1.54, 1.807) is 0 Å². The molecule has 0 aliphatic heterocycles. The van der Waals surface area contributed by atoms with Crippen LogP contribution in [0.3, 0.4) is 0 Å². The molecule has 2 nitrogen and oxygen atoms in total. The quantitative estimate of drug-likeness (QED) is 0.376. The smallest absolute Gasteiger partial charge is 0.0751 e.